The minimum atomic E-state index is -0.345. The fourth-order valence-electron chi connectivity index (χ4n) is 1.13. The van der Waals surface area contributed by atoms with E-state index in [2.05, 4.69) is 25.8 Å². The molecular weight excluding hydrogens is 454 g/mol. The summed E-state index contributed by atoms with van der Waals surface area (Å²) in [6.45, 7) is 12.5. The maximum Gasteiger partial charge on any atom is 0.197 e. The highest BCUT2D eigenvalue weighted by atomic mass is 16.4. The number of hydrogen-bond acceptors (Lipinski definition) is 14. The van der Waals surface area contributed by atoms with Gasteiger partial charge in [0.25, 0.3) is 0 Å². The lowest BCUT2D eigenvalue weighted by Gasteiger charge is -1.94. The molecule has 0 aliphatic rings. The summed E-state index contributed by atoms with van der Waals surface area (Å²) in [6, 6.07) is 0. The van der Waals surface area contributed by atoms with Crippen molar-refractivity contribution in [1.82, 2.24) is 0 Å². The zero-order valence-corrected chi connectivity index (χ0v) is 21.0. The highest BCUT2D eigenvalue weighted by molar-refractivity contribution is 6.41. The van der Waals surface area contributed by atoms with Gasteiger partial charge in [-0.05, 0) is 33.6 Å². The summed E-state index contributed by atoms with van der Waals surface area (Å²) in [7, 11) is 0. The highest BCUT2D eigenvalue weighted by Gasteiger charge is 2.01. The van der Waals surface area contributed by atoms with Crippen molar-refractivity contribution in [2.45, 2.75) is 74.7 Å². The molecule has 0 aliphatic heterocycles. The smallest absolute Gasteiger partial charge is 0.197 e. The fourth-order valence-corrected chi connectivity index (χ4v) is 1.13. The predicted octanol–water partition coefficient (Wildman–Crippen LogP) is 2.74. The molecule has 14 heteroatoms. The van der Waals surface area contributed by atoms with E-state index < -0.39 is 0 Å². The van der Waals surface area contributed by atoms with Crippen LogP contribution in [0.15, 0.2) is 25.8 Å². The Hall–Kier alpha value is -3.68. The minimum Gasteiger partial charge on any atom is -0.411 e. The second-order valence-corrected chi connectivity index (χ2v) is 5.74. The van der Waals surface area contributed by atoms with Gasteiger partial charge in [-0.1, -0.05) is 41.4 Å². The van der Waals surface area contributed by atoms with Gasteiger partial charge in [-0.2, -0.15) is 0 Å². The first-order valence-electron chi connectivity index (χ1n) is 9.94. The Morgan fingerprint density at radius 1 is 0.676 bits per heavy atom. The molecule has 34 heavy (non-hydrogen) atoms. The molecule has 0 aliphatic carbocycles. The van der Waals surface area contributed by atoms with E-state index in [4.69, 9.17) is 31.1 Å². The molecule has 0 spiro atoms. The van der Waals surface area contributed by atoms with E-state index >= 15 is 0 Å². The number of ketones is 3. The first-order chi connectivity index (χ1) is 15.9. The van der Waals surface area contributed by atoms with Crippen molar-refractivity contribution in [3.05, 3.63) is 0 Å². The SMILES string of the molecule is C/C(CO)=N/O.C/C=N/O.CC/C(=N/O)C(C)=O.CCC(=N/O)/C(C)=N/O.CCC(=O)C(C)=O. The lowest BCUT2D eigenvalue weighted by molar-refractivity contribution is -0.135. The van der Waals surface area contributed by atoms with E-state index in [0.717, 1.165) is 0 Å². The number of oxime groups is 5. The van der Waals surface area contributed by atoms with Crippen LogP contribution in [0.3, 0.4) is 0 Å². The summed E-state index contributed by atoms with van der Waals surface area (Å²) in [5, 5.41) is 61.5. The molecule has 0 saturated heterocycles. The van der Waals surface area contributed by atoms with Gasteiger partial charge < -0.3 is 31.1 Å². The van der Waals surface area contributed by atoms with Crippen LogP contribution in [-0.4, -0.2) is 84.2 Å². The Labute approximate surface area is 199 Å². The summed E-state index contributed by atoms with van der Waals surface area (Å²) in [6.07, 6.45) is 2.69. The zero-order chi connectivity index (χ0) is 28.1. The van der Waals surface area contributed by atoms with Crippen molar-refractivity contribution >= 4 is 46.4 Å². The van der Waals surface area contributed by atoms with Gasteiger partial charge in [0.2, 0.25) is 0 Å². The van der Waals surface area contributed by atoms with E-state index in [1.54, 1.807) is 27.7 Å². The van der Waals surface area contributed by atoms with Gasteiger partial charge in [-0.15, -0.1) is 5.16 Å². The van der Waals surface area contributed by atoms with Crippen LogP contribution in [0.5, 0.6) is 0 Å². The van der Waals surface area contributed by atoms with Crippen molar-refractivity contribution in [3.63, 3.8) is 0 Å². The van der Waals surface area contributed by atoms with Crippen LogP contribution in [-0.2, 0) is 14.4 Å². The highest BCUT2D eigenvalue weighted by Crippen LogP contribution is 1.88. The molecule has 0 unspecified atom stereocenters. The van der Waals surface area contributed by atoms with Crippen LogP contribution < -0.4 is 0 Å². The van der Waals surface area contributed by atoms with Gasteiger partial charge in [0.1, 0.15) is 17.1 Å². The molecule has 0 aromatic rings. The maximum absolute atomic E-state index is 10.3. The second-order valence-electron chi connectivity index (χ2n) is 5.74. The second kappa shape index (κ2) is 31.5. The molecule has 0 heterocycles. The van der Waals surface area contributed by atoms with Crippen molar-refractivity contribution in [2.24, 2.45) is 25.8 Å². The number of aliphatic hydroxyl groups excluding tert-OH is 1. The van der Waals surface area contributed by atoms with E-state index in [1.165, 1.54) is 27.0 Å². The largest absolute Gasteiger partial charge is 0.411 e. The molecular formula is C20H39N5O9. The quantitative estimate of drug-likeness (QED) is 0.132. The Morgan fingerprint density at radius 3 is 1.12 bits per heavy atom. The summed E-state index contributed by atoms with van der Waals surface area (Å²) in [5.74, 6) is -0.808. The lowest BCUT2D eigenvalue weighted by atomic mass is 10.2. The third-order valence-corrected chi connectivity index (χ3v) is 3.11. The normalized spacial score (nSPS) is 11.3. The average Bonchev–Trinajstić information content (AvgIpc) is 2.85. The number of carbonyl (C=O) groups excluding carboxylic acids is 3. The van der Waals surface area contributed by atoms with Crippen molar-refractivity contribution in [1.29, 1.82) is 0 Å². The topological polar surface area (TPSA) is 234 Å². The molecule has 0 amide bonds. The van der Waals surface area contributed by atoms with Crippen LogP contribution in [0.4, 0.5) is 0 Å². The maximum atomic E-state index is 10.3. The fraction of sp³-hybridized carbons (Fsp3) is 0.600. The third-order valence-electron chi connectivity index (χ3n) is 3.11. The van der Waals surface area contributed by atoms with E-state index in [-0.39, 0.29) is 29.7 Å². The molecule has 0 rings (SSSR count). The minimum absolute atomic E-state index is 0.170. The van der Waals surface area contributed by atoms with Gasteiger partial charge >= 0.3 is 0 Å². The first kappa shape index (κ1) is 40.7. The molecule has 0 aromatic carbocycles. The molecule has 198 valence electrons. The molecule has 6 N–H and O–H groups in total. The Balaban J connectivity index is -0.000000105. The monoisotopic (exact) mass is 493 g/mol. The predicted molar refractivity (Wildman–Crippen MR) is 129 cm³/mol. The molecule has 0 fully saturated rings. The first-order valence-corrected chi connectivity index (χ1v) is 9.94. The number of carbonyl (C=O) groups is 3. The molecule has 0 radical (unpaired) electrons. The van der Waals surface area contributed by atoms with Crippen LogP contribution in [0.25, 0.3) is 0 Å². The molecule has 0 bridgehead atoms. The number of rotatable bonds is 7. The van der Waals surface area contributed by atoms with E-state index in [9.17, 15) is 14.4 Å². The number of nitrogens with zero attached hydrogens (tertiary/aromatic N) is 5. The third kappa shape index (κ3) is 33.0. The average molecular weight is 494 g/mol. The van der Waals surface area contributed by atoms with Crippen molar-refractivity contribution in [2.75, 3.05) is 6.61 Å². The van der Waals surface area contributed by atoms with Crippen molar-refractivity contribution in [3.8, 4) is 0 Å². The van der Waals surface area contributed by atoms with E-state index in [1.807, 2.05) is 6.92 Å². The summed E-state index contributed by atoms with van der Waals surface area (Å²) < 4.78 is 0. The summed E-state index contributed by atoms with van der Waals surface area (Å²) >= 11 is 0. The van der Waals surface area contributed by atoms with Crippen LogP contribution in [0.1, 0.15) is 74.7 Å². The number of hydrogen-bond donors (Lipinski definition) is 6. The van der Waals surface area contributed by atoms with Gasteiger partial charge in [0, 0.05) is 26.5 Å². The molecule has 0 aromatic heterocycles. The molecule has 14 nitrogen and oxygen atoms in total. The summed E-state index contributed by atoms with van der Waals surface area (Å²) in [5.41, 5.74) is 1.30. The van der Waals surface area contributed by atoms with E-state index in [0.29, 0.717) is 36.4 Å². The van der Waals surface area contributed by atoms with Gasteiger partial charge in [-0.25, -0.2) is 0 Å². The zero-order valence-electron chi connectivity index (χ0n) is 21.0. The molecule has 0 atom stereocenters. The number of aliphatic hydroxyl groups is 1. The van der Waals surface area contributed by atoms with Crippen molar-refractivity contribution < 1.29 is 45.5 Å². The standard InChI is InChI=1S/C5H10N2O2.C5H9NO2.C5H8O2.C3H7NO2.C2H5NO/c1-3-5(7-9)4(2)6-8;1-3-5(6-8)4(2)7;1-3-5(7)4(2)6;1-3(2-5)4-6;1-2-3-4/h8-9H,3H2,1-2H3;8H,3H2,1-2H3;3H2,1-2H3;5-6H,2H2,1H3;2,4H,1H3/b6-4+,7-5-;6-5-;;4-3-;3-2+. The Kier molecular flexibility index (Phi) is 37.7. The van der Waals surface area contributed by atoms with Gasteiger partial charge in [0.15, 0.2) is 17.3 Å². The van der Waals surface area contributed by atoms with Crippen LogP contribution in [0.2, 0.25) is 0 Å². The lowest BCUT2D eigenvalue weighted by Crippen LogP contribution is -2.08. The van der Waals surface area contributed by atoms with Crippen LogP contribution >= 0.6 is 0 Å². The van der Waals surface area contributed by atoms with Gasteiger partial charge in [0.05, 0.1) is 12.3 Å². The Bertz CT molecular complexity index is 697. The molecule has 0 saturated carbocycles. The summed E-state index contributed by atoms with van der Waals surface area (Å²) in [4.78, 5) is 30.5. The van der Waals surface area contributed by atoms with Crippen LogP contribution in [0, 0.1) is 0 Å². The van der Waals surface area contributed by atoms with Gasteiger partial charge in [-0.3, -0.25) is 14.4 Å². The Morgan fingerprint density at radius 2 is 1.09 bits per heavy atom. The number of Topliss-reactive ketones (excluding diaryl/α,β-unsaturated/α-hetero) is 3.